The van der Waals surface area contributed by atoms with Crippen LogP contribution in [-0.2, 0) is 19.1 Å². The second-order valence-electron chi connectivity index (χ2n) is 8.53. The fraction of sp³-hybridized carbons (Fsp3) is 0.400. The summed E-state index contributed by atoms with van der Waals surface area (Å²) in [4.78, 5) is 44.2. The van der Waals surface area contributed by atoms with Crippen molar-refractivity contribution >= 4 is 29.1 Å². The molecule has 0 atom stereocenters. The minimum absolute atomic E-state index is 0.0277. The molecule has 0 unspecified atom stereocenters. The van der Waals surface area contributed by atoms with E-state index in [1.54, 1.807) is 41.2 Å². The fourth-order valence-corrected chi connectivity index (χ4v) is 4.74. The molecule has 0 aliphatic carbocycles. The first kappa shape index (κ1) is 23.6. The molecular formula is C25H30N4O5. The number of anilines is 2. The Morgan fingerprint density at radius 3 is 2.44 bits per heavy atom. The van der Waals surface area contributed by atoms with Crippen LogP contribution >= 0.6 is 0 Å². The molecule has 9 heteroatoms. The van der Waals surface area contributed by atoms with Gasteiger partial charge in [0.05, 0.1) is 13.8 Å². The molecule has 2 aliphatic rings. The van der Waals surface area contributed by atoms with Crippen LogP contribution in [0.5, 0.6) is 5.75 Å². The summed E-state index contributed by atoms with van der Waals surface area (Å²) >= 11 is 0. The first-order valence-electron chi connectivity index (χ1n) is 11.3. The maximum absolute atomic E-state index is 13.7. The van der Waals surface area contributed by atoms with E-state index in [0.29, 0.717) is 44.0 Å². The monoisotopic (exact) mass is 466 g/mol. The molecule has 2 aromatic carbocycles. The van der Waals surface area contributed by atoms with Gasteiger partial charge in [-0.05, 0) is 37.1 Å². The Hall–Kier alpha value is -3.59. The van der Waals surface area contributed by atoms with Crippen molar-refractivity contribution < 1.29 is 23.9 Å². The van der Waals surface area contributed by atoms with Crippen molar-refractivity contribution in [1.82, 2.24) is 9.80 Å². The van der Waals surface area contributed by atoms with Gasteiger partial charge in [-0.2, -0.15) is 0 Å². The molecular weight excluding hydrogens is 436 g/mol. The number of likely N-dealkylation sites (tertiary alicyclic amines) is 1. The molecule has 2 heterocycles. The van der Waals surface area contributed by atoms with Gasteiger partial charge in [-0.3, -0.25) is 14.4 Å². The van der Waals surface area contributed by atoms with Crippen LogP contribution in [0.3, 0.4) is 0 Å². The van der Waals surface area contributed by atoms with E-state index in [-0.39, 0.29) is 30.9 Å². The molecule has 0 radical (unpaired) electrons. The molecule has 2 aromatic rings. The van der Waals surface area contributed by atoms with Crippen molar-refractivity contribution in [3.05, 3.63) is 54.6 Å². The third-order valence-corrected chi connectivity index (χ3v) is 6.48. The Morgan fingerprint density at radius 1 is 1.03 bits per heavy atom. The minimum atomic E-state index is -0.790. The first-order valence-corrected chi connectivity index (χ1v) is 11.3. The Morgan fingerprint density at radius 2 is 1.76 bits per heavy atom. The molecule has 2 aliphatic heterocycles. The number of methoxy groups -OCH3 is 2. The highest BCUT2D eigenvalue weighted by Gasteiger charge is 2.54. The van der Waals surface area contributed by atoms with Crippen LogP contribution in [0.2, 0.25) is 0 Å². The molecule has 0 bridgehead atoms. The van der Waals surface area contributed by atoms with E-state index in [1.807, 2.05) is 30.3 Å². The van der Waals surface area contributed by atoms with Crippen LogP contribution in [0, 0.1) is 0 Å². The lowest BCUT2D eigenvalue weighted by Crippen LogP contribution is -2.57. The highest BCUT2D eigenvalue weighted by Crippen LogP contribution is 2.39. The molecule has 1 spiro atoms. The number of ether oxygens (including phenoxy) is 2. The van der Waals surface area contributed by atoms with E-state index < -0.39 is 5.54 Å². The van der Waals surface area contributed by atoms with Gasteiger partial charge >= 0.3 is 0 Å². The summed E-state index contributed by atoms with van der Waals surface area (Å²) in [6.45, 7) is 1.19. The van der Waals surface area contributed by atoms with Gasteiger partial charge in [0.2, 0.25) is 11.8 Å². The summed E-state index contributed by atoms with van der Waals surface area (Å²) in [5.74, 6) is 0.193. The third kappa shape index (κ3) is 4.70. The summed E-state index contributed by atoms with van der Waals surface area (Å²) in [5.41, 5.74) is 0.736. The highest BCUT2D eigenvalue weighted by molar-refractivity contribution is 5.99. The lowest BCUT2D eigenvalue weighted by atomic mass is 9.85. The number of carbonyl (C=O) groups excluding carboxylic acids is 3. The first-order chi connectivity index (χ1) is 16.5. The largest absolute Gasteiger partial charge is 0.497 e. The van der Waals surface area contributed by atoms with Crippen LogP contribution in [0.1, 0.15) is 12.8 Å². The highest BCUT2D eigenvalue weighted by atomic mass is 16.5. The zero-order chi connectivity index (χ0) is 24.1. The van der Waals surface area contributed by atoms with Gasteiger partial charge in [0, 0.05) is 37.6 Å². The average molecular weight is 467 g/mol. The molecule has 2 fully saturated rings. The van der Waals surface area contributed by atoms with Gasteiger partial charge in [-0.25, -0.2) is 0 Å². The maximum Gasteiger partial charge on any atom is 0.250 e. The van der Waals surface area contributed by atoms with Crippen molar-refractivity contribution in [3.63, 3.8) is 0 Å². The SMILES string of the molecule is COCC(=O)N1CCC2(CC1)C(=O)N(CC(=O)Nc1cccc(OC)c1)CN2c1ccccc1. The molecule has 34 heavy (non-hydrogen) atoms. The number of piperidine rings is 1. The predicted molar refractivity (Wildman–Crippen MR) is 128 cm³/mol. The lowest BCUT2D eigenvalue weighted by molar-refractivity contribution is -0.141. The molecule has 2 saturated heterocycles. The van der Waals surface area contributed by atoms with Crippen molar-refractivity contribution in [2.45, 2.75) is 18.4 Å². The zero-order valence-electron chi connectivity index (χ0n) is 19.5. The quantitative estimate of drug-likeness (QED) is 0.671. The second kappa shape index (κ2) is 10.1. The number of hydrogen-bond donors (Lipinski definition) is 1. The average Bonchev–Trinajstić information content (AvgIpc) is 3.11. The maximum atomic E-state index is 13.7. The summed E-state index contributed by atoms with van der Waals surface area (Å²) < 4.78 is 10.2. The van der Waals surface area contributed by atoms with Crippen LogP contribution in [0.15, 0.2) is 54.6 Å². The van der Waals surface area contributed by atoms with E-state index >= 15 is 0 Å². The third-order valence-electron chi connectivity index (χ3n) is 6.48. The normalized spacial score (nSPS) is 17.2. The van der Waals surface area contributed by atoms with E-state index in [4.69, 9.17) is 9.47 Å². The van der Waals surface area contributed by atoms with Gasteiger partial charge in [-0.15, -0.1) is 0 Å². The van der Waals surface area contributed by atoms with Crippen LogP contribution in [0.4, 0.5) is 11.4 Å². The van der Waals surface area contributed by atoms with E-state index in [0.717, 1.165) is 5.69 Å². The molecule has 3 amide bonds. The molecule has 0 aromatic heterocycles. The summed E-state index contributed by atoms with van der Waals surface area (Å²) in [6, 6.07) is 16.8. The number of nitrogens with zero attached hydrogens (tertiary/aromatic N) is 3. The van der Waals surface area contributed by atoms with E-state index in [9.17, 15) is 14.4 Å². The van der Waals surface area contributed by atoms with Crippen molar-refractivity contribution in [3.8, 4) is 5.75 Å². The molecule has 1 N–H and O–H groups in total. The van der Waals surface area contributed by atoms with Crippen molar-refractivity contribution in [2.24, 2.45) is 0 Å². The second-order valence-corrected chi connectivity index (χ2v) is 8.53. The van der Waals surface area contributed by atoms with E-state index in [2.05, 4.69) is 10.2 Å². The molecule has 0 saturated carbocycles. The minimum Gasteiger partial charge on any atom is -0.497 e. The number of hydrogen-bond acceptors (Lipinski definition) is 6. The Kier molecular flexibility index (Phi) is 7.02. The van der Waals surface area contributed by atoms with Crippen molar-refractivity contribution in [1.29, 1.82) is 0 Å². The van der Waals surface area contributed by atoms with Gasteiger partial charge in [0.25, 0.3) is 5.91 Å². The summed E-state index contributed by atoms with van der Waals surface area (Å²) in [7, 11) is 3.06. The lowest BCUT2D eigenvalue weighted by Gasteiger charge is -2.43. The van der Waals surface area contributed by atoms with Crippen molar-refractivity contribution in [2.75, 3.05) is 57.3 Å². The Labute approximate surface area is 199 Å². The summed E-state index contributed by atoms with van der Waals surface area (Å²) in [6.07, 6.45) is 0.981. The Balaban J connectivity index is 1.51. The number of carbonyl (C=O) groups is 3. The molecule has 9 nitrogen and oxygen atoms in total. The van der Waals surface area contributed by atoms with Gasteiger partial charge in [-0.1, -0.05) is 24.3 Å². The number of benzene rings is 2. The Bertz CT molecular complexity index is 1040. The van der Waals surface area contributed by atoms with Gasteiger partial charge < -0.3 is 29.5 Å². The topological polar surface area (TPSA) is 91.4 Å². The number of nitrogens with one attached hydrogen (secondary N) is 1. The number of para-hydroxylation sites is 1. The van der Waals surface area contributed by atoms with Crippen LogP contribution in [0.25, 0.3) is 0 Å². The zero-order valence-corrected chi connectivity index (χ0v) is 19.5. The molecule has 180 valence electrons. The van der Waals surface area contributed by atoms with Gasteiger partial charge in [0.1, 0.15) is 24.4 Å². The van der Waals surface area contributed by atoms with Crippen LogP contribution < -0.4 is 15.0 Å². The van der Waals surface area contributed by atoms with E-state index in [1.165, 1.54) is 7.11 Å². The summed E-state index contributed by atoms with van der Waals surface area (Å²) in [5, 5.41) is 2.85. The standard InChI is InChI=1S/C25H30N4O5/c1-33-17-23(31)27-13-11-25(12-14-27)24(32)28(18-29(25)20-8-4-3-5-9-20)16-22(30)26-19-7-6-10-21(15-19)34-2/h3-10,15H,11-14,16-18H2,1-2H3,(H,26,30). The van der Waals surface area contributed by atoms with Crippen LogP contribution in [-0.4, -0.2) is 80.2 Å². The molecule has 4 rings (SSSR count). The smallest absolute Gasteiger partial charge is 0.250 e. The number of rotatable bonds is 7. The predicted octanol–water partition coefficient (Wildman–Crippen LogP) is 1.95. The van der Waals surface area contributed by atoms with Gasteiger partial charge in [0.15, 0.2) is 0 Å². The fourth-order valence-electron chi connectivity index (χ4n) is 4.74. The number of amides is 3.